The van der Waals surface area contributed by atoms with Crippen LogP contribution in [0.3, 0.4) is 0 Å². The Balaban J connectivity index is 2.18. The van der Waals surface area contributed by atoms with E-state index in [1.807, 2.05) is 7.05 Å². The molecule has 0 aliphatic heterocycles. The van der Waals surface area contributed by atoms with Crippen molar-refractivity contribution in [3.63, 3.8) is 0 Å². The third kappa shape index (κ3) is 4.20. The fraction of sp³-hybridized carbons (Fsp3) is 0.917. The Labute approximate surface area is 93.0 Å². The Morgan fingerprint density at radius 3 is 2.47 bits per heavy atom. The first-order valence-corrected chi connectivity index (χ1v) is 6.23. The Kier molecular flexibility index (Phi) is 5.69. The van der Waals surface area contributed by atoms with Crippen molar-refractivity contribution < 1.29 is 4.79 Å². The van der Waals surface area contributed by atoms with Gasteiger partial charge in [-0.05, 0) is 39.2 Å². The van der Waals surface area contributed by atoms with E-state index in [1.165, 1.54) is 0 Å². The van der Waals surface area contributed by atoms with E-state index in [0.29, 0.717) is 6.04 Å². The highest BCUT2D eigenvalue weighted by atomic mass is 16.1. The largest absolute Gasteiger partial charge is 0.356 e. The van der Waals surface area contributed by atoms with Gasteiger partial charge in [-0.1, -0.05) is 13.3 Å². The first kappa shape index (κ1) is 12.5. The molecule has 0 aromatic rings. The number of hydrogen-bond donors (Lipinski definition) is 2. The number of rotatable bonds is 5. The first-order chi connectivity index (χ1) is 7.27. The van der Waals surface area contributed by atoms with Crippen molar-refractivity contribution in [3.05, 3.63) is 0 Å². The number of hydrogen-bond acceptors (Lipinski definition) is 2. The molecule has 0 unspecified atom stereocenters. The zero-order valence-corrected chi connectivity index (χ0v) is 10.0. The van der Waals surface area contributed by atoms with Gasteiger partial charge in [-0.25, -0.2) is 0 Å². The molecule has 0 aromatic carbocycles. The maximum atomic E-state index is 11.7. The van der Waals surface area contributed by atoms with Gasteiger partial charge >= 0.3 is 0 Å². The fourth-order valence-electron chi connectivity index (χ4n) is 2.18. The van der Waals surface area contributed by atoms with Crippen LogP contribution in [0.1, 0.15) is 45.4 Å². The van der Waals surface area contributed by atoms with Crippen LogP contribution in [0.5, 0.6) is 0 Å². The minimum atomic E-state index is 0.270. The molecule has 1 aliphatic rings. The van der Waals surface area contributed by atoms with Gasteiger partial charge in [0.25, 0.3) is 0 Å². The second kappa shape index (κ2) is 6.83. The number of carbonyl (C=O) groups excluding carboxylic acids is 1. The van der Waals surface area contributed by atoms with E-state index < -0.39 is 0 Å². The monoisotopic (exact) mass is 212 g/mol. The van der Waals surface area contributed by atoms with Crippen molar-refractivity contribution in [2.75, 3.05) is 13.6 Å². The van der Waals surface area contributed by atoms with Crippen LogP contribution in [0.15, 0.2) is 0 Å². The van der Waals surface area contributed by atoms with Crippen LogP contribution in [0.25, 0.3) is 0 Å². The lowest BCUT2D eigenvalue weighted by Crippen LogP contribution is -2.37. The normalized spacial score (nSPS) is 26.3. The Hall–Kier alpha value is -0.570. The van der Waals surface area contributed by atoms with Crippen molar-refractivity contribution in [3.8, 4) is 0 Å². The Morgan fingerprint density at radius 1 is 1.27 bits per heavy atom. The van der Waals surface area contributed by atoms with Gasteiger partial charge in [-0.3, -0.25) is 4.79 Å². The van der Waals surface area contributed by atoms with Gasteiger partial charge in [0.15, 0.2) is 0 Å². The quantitative estimate of drug-likeness (QED) is 0.681. The summed E-state index contributed by atoms with van der Waals surface area (Å²) in [4.78, 5) is 11.7. The Bertz CT molecular complexity index is 186. The van der Waals surface area contributed by atoms with Gasteiger partial charge in [0, 0.05) is 18.5 Å². The number of unbranched alkanes of at least 4 members (excludes halogenated alkanes) is 1. The molecule has 0 bridgehead atoms. The molecule has 3 heteroatoms. The predicted octanol–water partition coefficient (Wildman–Crippen LogP) is 1.68. The molecule has 1 rings (SSSR count). The lowest BCUT2D eigenvalue weighted by Gasteiger charge is -2.27. The average Bonchev–Trinajstić information content (AvgIpc) is 2.29. The number of amides is 1. The summed E-state index contributed by atoms with van der Waals surface area (Å²) >= 11 is 0. The van der Waals surface area contributed by atoms with Gasteiger partial charge in [0.2, 0.25) is 5.91 Å². The lowest BCUT2D eigenvalue weighted by molar-refractivity contribution is -0.126. The van der Waals surface area contributed by atoms with Gasteiger partial charge in [-0.15, -0.1) is 0 Å². The highest BCUT2D eigenvalue weighted by Crippen LogP contribution is 2.24. The summed E-state index contributed by atoms with van der Waals surface area (Å²) in [6, 6.07) is 0.629. The summed E-state index contributed by atoms with van der Waals surface area (Å²) in [5.41, 5.74) is 0. The summed E-state index contributed by atoms with van der Waals surface area (Å²) in [5.74, 6) is 0.546. The fourth-order valence-corrected chi connectivity index (χ4v) is 2.18. The van der Waals surface area contributed by atoms with E-state index in [9.17, 15) is 4.79 Å². The summed E-state index contributed by atoms with van der Waals surface area (Å²) in [6.07, 6.45) is 6.61. The van der Waals surface area contributed by atoms with E-state index in [2.05, 4.69) is 17.6 Å². The molecule has 0 aromatic heterocycles. The van der Waals surface area contributed by atoms with E-state index in [-0.39, 0.29) is 11.8 Å². The second-order valence-electron chi connectivity index (χ2n) is 4.48. The van der Waals surface area contributed by atoms with Gasteiger partial charge < -0.3 is 10.6 Å². The highest BCUT2D eigenvalue weighted by molar-refractivity contribution is 5.78. The number of nitrogens with one attached hydrogen (secondary N) is 2. The van der Waals surface area contributed by atoms with Crippen molar-refractivity contribution >= 4 is 5.91 Å². The SMILES string of the molecule is CCCCNC(=O)C1CCC(NC)CC1. The van der Waals surface area contributed by atoms with Gasteiger partial charge in [-0.2, -0.15) is 0 Å². The van der Waals surface area contributed by atoms with Crippen LogP contribution in [-0.2, 0) is 4.79 Å². The smallest absolute Gasteiger partial charge is 0.223 e. The van der Waals surface area contributed by atoms with E-state index in [4.69, 9.17) is 0 Å². The highest BCUT2D eigenvalue weighted by Gasteiger charge is 2.24. The topological polar surface area (TPSA) is 41.1 Å². The molecule has 15 heavy (non-hydrogen) atoms. The van der Waals surface area contributed by atoms with Crippen LogP contribution >= 0.6 is 0 Å². The summed E-state index contributed by atoms with van der Waals surface area (Å²) in [7, 11) is 2.01. The van der Waals surface area contributed by atoms with Crippen LogP contribution < -0.4 is 10.6 Å². The van der Waals surface area contributed by atoms with E-state index >= 15 is 0 Å². The van der Waals surface area contributed by atoms with Gasteiger partial charge in [0.1, 0.15) is 0 Å². The molecular formula is C12H24N2O. The van der Waals surface area contributed by atoms with E-state index in [0.717, 1.165) is 45.1 Å². The van der Waals surface area contributed by atoms with Crippen molar-refractivity contribution in [2.24, 2.45) is 5.92 Å². The maximum absolute atomic E-state index is 11.7. The molecular weight excluding hydrogens is 188 g/mol. The van der Waals surface area contributed by atoms with Crippen LogP contribution in [0.2, 0.25) is 0 Å². The summed E-state index contributed by atoms with van der Waals surface area (Å²) in [6.45, 7) is 2.99. The van der Waals surface area contributed by atoms with Crippen molar-refractivity contribution in [1.82, 2.24) is 10.6 Å². The first-order valence-electron chi connectivity index (χ1n) is 6.23. The molecule has 1 saturated carbocycles. The van der Waals surface area contributed by atoms with Crippen molar-refractivity contribution in [2.45, 2.75) is 51.5 Å². The molecule has 0 radical (unpaired) electrons. The Morgan fingerprint density at radius 2 is 1.93 bits per heavy atom. The molecule has 0 heterocycles. The molecule has 2 N–H and O–H groups in total. The molecule has 1 amide bonds. The average molecular weight is 212 g/mol. The summed E-state index contributed by atoms with van der Waals surface area (Å²) in [5, 5.41) is 6.31. The zero-order valence-electron chi connectivity index (χ0n) is 10.0. The summed E-state index contributed by atoms with van der Waals surface area (Å²) < 4.78 is 0. The van der Waals surface area contributed by atoms with Crippen LogP contribution in [0.4, 0.5) is 0 Å². The lowest BCUT2D eigenvalue weighted by atomic mass is 9.85. The molecule has 1 fully saturated rings. The molecule has 88 valence electrons. The minimum absolute atomic E-state index is 0.270. The van der Waals surface area contributed by atoms with E-state index in [1.54, 1.807) is 0 Å². The molecule has 1 aliphatic carbocycles. The standard InChI is InChI=1S/C12H24N2O/c1-3-4-9-14-12(15)10-5-7-11(13-2)8-6-10/h10-11,13H,3-9H2,1-2H3,(H,14,15). The molecule has 0 atom stereocenters. The third-order valence-electron chi connectivity index (χ3n) is 3.34. The molecule has 0 spiro atoms. The van der Waals surface area contributed by atoms with Gasteiger partial charge in [0.05, 0.1) is 0 Å². The predicted molar refractivity (Wildman–Crippen MR) is 62.7 cm³/mol. The van der Waals surface area contributed by atoms with Crippen molar-refractivity contribution in [1.29, 1.82) is 0 Å². The van der Waals surface area contributed by atoms with Crippen LogP contribution in [-0.4, -0.2) is 25.5 Å². The molecule has 3 nitrogen and oxygen atoms in total. The third-order valence-corrected chi connectivity index (χ3v) is 3.34. The maximum Gasteiger partial charge on any atom is 0.223 e. The zero-order chi connectivity index (χ0) is 11.1. The molecule has 0 saturated heterocycles. The number of carbonyl (C=O) groups is 1. The minimum Gasteiger partial charge on any atom is -0.356 e. The van der Waals surface area contributed by atoms with Crippen LogP contribution in [0, 0.1) is 5.92 Å². The second-order valence-corrected chi connectivity index (χ2v) is 4.48.